The van der Waals surface area contributed by atoms with Gasteiger partial charge in [-0.2, -0.15) is 0 Å². The molecule has 5 heteroatoms. The predicted molar refractivity (Wildman–Crippen MR) is 90.5 cm³/mol. The van der Waals surface area contributed by atoms with Gasteiger partial charge in [-0.1, -0.05) is 29.8 Å². The predicted octanol–water partition coefficient (Wildman–Crippen LogP) is 2.45. The number of carbonyl (C=O) groups excluding carboxylic acids is 3. The number of anilines is 1. The van der Waals surface area contributed by atoms with Gasteiger partial charge >= 0.3 is 0 Å². The number of nitrogens with one attached hydrogen (secondary N) is 2. The zero-order valence-electron chi connectivity index (χ0n) is 13.3. The van der Waals surface area contributed by atoms with Crippen molar-refractivity contribution >= 4 is 23.4 Å². The number of imide groups is 1. The van der Waals surface area contributed by atoms with E-state index in [1.165, 1.54) is 0 Å². The molecular weight excluding hydrogens is 304 g/mol. The molecule has 0 bridgehead atoms. The topological polar surface area (TPSA) is 75.3 Å². The van der Waals surface area contributed by atoms with E-state index in [4.69, 9.17) is 0 Å². The maximum Gasteiger partial charge on any atom is 0.255 e. The van der Waals surface area contributed by atoms with Crippen LogP contribution in [0.15, 0.2) is 48.5 Å². The van der Waals surface area contributed by atoms with E-state index in [2.05, 4.69) is 10.6 Å². The Morgan fingerprint density at radius 1 is 1.17 bits per heavy atom. The van der Waals surface area contributed by atoms with Crippen molar-refractivity contribution in [2.45, 2.75) is 19.8 Å². The van der Waals surface area contributed by atoms with Gasteiger partial charge in [0.15, 0.2) is 0 Å². The van der Waals surface area contributed by atoms with Crippen molar-refractivity contribution in [3.63, 3.8) is 0 Å². The Labute approximate surface area is 140 Å². The molecule has 1 saturated heterocycles. The maximum absolute atomic E-state index is 12.2. The van der Waals surface area contributed by atoms with E-state index in [0.29, 0.717) is 17.7 Å². The largest absolute Gasteiger partial charge is 0.322 e. The normalized spacial score (nSPS) is 16.8. The SMILES string of the molecule is Cc1cccc(C(=O)Nc2ccc(CC3CC(=O)NC3=O)cc2)c1. The minimum Gasteiger partial charge on any atom is -0.322 e. The van der Waals surface area contributed by atoms with Gasteiger partial charge in [0.25, 0.3) is 5.91 Å². The number of carbonyl (C=O) groups is 3. The molecule has 1 fully saturated rings. The molecule has 0 aromatic heterocycles. The van der Waals surface area contributed by atoms with E-state index in [1.807, 2.05) is 37.3 Å². The molecule has 2 N–H and O–H groups in total. The van der Waals surface area contributed by atoms with Crippen molar-refractivity contribution in [2.24, 2.45) is 5.92 Å². The van der Waals surface area contributed by atoms with Crippen LogP contribution in [-0.4, -0.2) is 17.7 Å². The molecule has 0 radical (unpaired) electrons. The van der Waals surface area contributed by atoms with Gasteiger partial charge < -0.3 is 5.32 Å². The van der Waals surface area contributed by atoms with Crippen molar-refractivity contribution in [1.82, 2.24) is 5.32 Å². The lowest BCUT2D eigenvalue weighted by molar-refractivity contribution is -0.125. The summed E-state index contributed by atoms with van der Waals surface area (Å²) in [5.74, 6) is -0.888. The highest BCUT2D eigenvalue weighted by Crippen LogP contribution is 2.19. The van der Waals surface area contributed by atoms with Crippen molar-refractivity contribution in [3.05, 3.63) is 65.2 Å². The first-order valence-electron chi connectivity index (χ1n) is 7.82. The van der Waals surface area contributed by atoms with E-state index < -0.39 is 0 Å². The van der Waals surface area contributed by atoms with Gasteiger partial charge in [-0.25, -0.2) is 0 Å². The molecule has 1 unspecified atom stereocenters. The van der Waals surface area contributed by atoms with Gasteiger partial charge in [0.2, 0.25) is 11.8 Å². The van der Waals surface area contributed by atoms with Crippen molar-refractivity contribution < 1.29 is 14.4 Å². The fraction of sp³-hybridized carbons (Fsp3) is 0.211. The molecule has 1 aliphatic rings. The quantitative estimate of drug-likeness (QED) is 0.849. The average molecular weight is 322 g/mol. The van der Waals surface area contributed by atoms with Crippen LogP contribution in [0, 0.1) is 12.8 Å². The third-order valence-corrected chi connectivity index (χ3v) is 4.04. The number of hydrogen-bond donors (Lipinski definition) is 2. The van der Waals surface area contributed by atoms with Gasteiger partial charge in [-0.15, -0.1) is 0 Å². The summed E-state index contributed by atoms with van der Waals surface area (Å²) in [4.78, 5) is 35.0. The summed E-state index contributed by atoms with van der Waals surface area (Å²) in [6.45, 7) is 1.94. The zero-order valence-corrected chi connectivity index (χ0v) is 13.3. The van der Waals surface area contributed by atoms with Gasteiger partial charge in [-0.3, -0.25) is 19.7 Å². The monoisotopic (exact) mass is 322 g/mol. The summed E-state index contributed by atoms with van der Waals surface area (Å²) in [5.41, 5.74) is 3.29. The van der Waals surface area contributed by atoms with Crippen molar-refractivity contribution in [2.75, 3.05) is 5.32 Å². The molecule has 0 saturated carbocycles. The molecule has 1 aliphatic heterocycles. The zero-order chi connectivity index (χ0) is 17.1. The highest BCUT2D eigenvalue weighted by atomic mass is 16.2. The van der Waals surface area contributed by atoms with E-state index in [0.717, 1.165) is 11.1 Å². The minimum atomic E-state index is -0.301. The molecule has 24 heavy (non-hydrogen) atoms. The van der Waals surface area contributed by atoms with E-state index in [-0.39, 0.29) is 30.1 Å². The van der Waals surface area contributed by atoms with Crippen LogP contribution in [0.2, 0.25) is 0 Å². The Morgan fingerprint density at radius 2 is 1.92 bits per heavy atom. The molecule has 3 rings (SSSR count). The van der Waals surface area contributed by atoms with E-state index in [1.54, 1.807) is 18.2 Å². The fourth-order valence-corrected chi connectivity index (χ4v) is 2.77. The van der Waals surface area contributed by atoms with Crippen LogP contribution in [0.5, 0.6) is 0 Å². The first-order valence-corrected chi connectivity index (χ1v) is 7.82. The molecule has 0 aliphatic carbocycles. The summed E-state index contributed by atoms with van der Waals surface area (Å²) >= 11 is 0. The molecule has 2 aromatic rings. The van der Waals surface area contributed by atoms with Gasteiger partial charge in [0.1, 0.15) is 0 Å². The number of benzene rings is 2. The van der Waals surface area contributed by atoms with Crippen LogP contribution in [-0.2, 0) is 16.0 Å². The number of aryl methyl sites for hydroxylation is 1. The summed E-state index contributed by atoms with van der Waals surface area (Å²) in [6.07, 6.45) is 0.758. The maximum atomic E-state index is 12.2. The summed E-state index contributed by atoms with van der Waals surface area (Å²) in [5, 5.41) is 5.16. The Kier molecular flexibility index (Phi) is 4.42. The molecule has 1 heterocycles. The lowest BCUT2D eigenvalue weighted by Gasteiger charge is -2.09. The number of rotatable bonds is 4. The Balaban J connectivity index is 1.63. The first kappa shape index (κ1) is 15.9. The highest BCUT2D eigenvalue weighted by Gasteiger charge is 2.30. The Hall–Kier alpha value is -2.95. The Morgan fingerprint density at radius 3 is 2.54 bits per heavy atom. The van der Waals surface area contributed by atoms with Crippen LogP contribution < -0.4 is 10.6 Å². The van der Waals surface area contributed by atoms with Crippen LogP contribution in [0.4, 0.5) is 5.69 Å². The smallest absolute Gasteiger partial charge is 0.255 e. The van der Waals surface area contributed by atoms with Crippen molar-refractivity contribution in [3.8, 4) is 0 Å². The molecule has 0 spiro atoms. The third kappa shape index (κ3) is 3.68. The Bertz CT molecular complexity index is 797. The first-order chi connectivity index (χ1) is 11.5. The second-order valence-electron chi connectivity index (χ2n) is 6.04. The molecule has 1 atom stereocenters. The standard InChI is InChI=1S/C19H18N2O3/c1-12-3-2-4-14(9-12)18(23)20-16-7-5-13(6-8-16)10-15-11-17(22)21-19(15)24/h2-9,15H,10-11H2,1H3,(H,20,23)(H,21,22,24). The summed E-state index contributed by atoms with van der Waals surface area (Å²) < 4.78 is 0. The minimum absolute atomic E-state index is 0.160. The van der Waals surface area contributed by atoms with Crippen LogP contribution >= 0.6 is 0 Å². The van der Waals surface area contributed by atoms with Gasteiger partial charge in [0.05, 0.1) is 5.92 Å². The fourth-order valence-electron chi connectivity index (χ4n) is 2.77. The lowest BCUT2D eigenvalue weighted by atomic mass is 9.98. The van der Waals surface area contributed by atoms with Crippen LogP contribution in [0.25, 0.3) is 0 Å². The second kappa shape index (κ2) is 6.66. The van der Waals surface area contributed by atoms with Crippen molar-refractivity contribution in [1.29, 1.82) is 0 Å². The van der Waals surface area contributed by atoms with E-state index in [9.17, 15) is 14.4 Å². The third-order valence-electron chi connectivity index (χ3n) is 4.04. The molecule has 3 amide bonds. The van der Waals surface area contributed by atoms with Crippen LogP contribution in [0.1, 0.15) is 27.9 Å². The second-order valence-corrected chi connectivity index (χ2v) is 6.04. The average Bonchev–Trinajstić information content (AvgIpc) is 2.87. The molecular formula is C19H18N2O3. The number of hydrogen-bond acceptors (Lipinski definition) is 3. The number of amides is 3. The van der Waals surface area contributed by atoms with E-state index >= 15 is 0 Å². The summed E-state index contributed by atoms with van der Waals surface area (Å²) in [7, 11) is 0. The summed E-state index contributed by atoms with van der Waals surface area (Å²) in [6, 6.07) is 14.7. The molecule has 5 nitrogen and oxygen atoms in total. The molecule has 2 aromatic carbocycles. The van der Waals surface area contributed by atoms with Gasteiger partial charge in [-0.05, 0) is 43.2 Å². The molecule has 122 valence electrons. The highest BCUT2D eigenvalue weighted by molar-refractivity contribution is 6.04. The van der Waals surface area contributed by atoms with Crippen LogP contribution in [0.3, 0.4) is 0 Å². The van der Waals surface area contributed by atoms with Gasteiger partial charge in [0, 0.05) is 17.7 Å². The lowest BCUT2D eigenvalue weighted by Crippen LogP contribution is -2.22.